The molecule has 1 aromatic carbocycles. The number of benzene rings is 1. The minimum absolute atomic E-state index is 0.100. The molecule has 1 aromatic heterocycles. The molecule has 0 amide bonds. The van der Waals surface area contributed by atoms with Gasteiger partial charge in [0.05, 0.1) is 6.42 Å². The Labute approximate surface area is 138 Å². The number of hydrogen-bond acceptors (Lipinski definition) is 1. The third kappa shape index (κ3) is 10.2. The second-order valence-corrected chi connectivity index (χ2v) is 7.22. The zero-order valence-electron chi connectivity index (χ0n) is 12.3. The summed E-state index contributed by atoms with van der Waals surface area (Å²) >= 11 is 5.79. The van der Waals surface area contributed by atoms with Crippen LogP contribution in [-0.2, 0) is 13.5 Å². The molecule has 134 valence electrons. The predicted molar refractivity (Wildman–Crippen MR) is 80.7 cm³/mol. The Bertz CT molecular complexity index is 720. The van der Waals surface area contributed by atoms with Gasteiger partial charge in [0.25, 0.3) is 0 Å². The molecule has 0 N–H and O–H groups in total. The molecule has 0 atom stereocenters. The van der Waals surface area contributed by atoms with Crippen molar-refractivity contribution in [2.24, 2.45) is 7.05 Å². The molecule has 0 radical (unpaired) electrons. The average molecular weight is 392 g/mol. The van der Waals surface area contributed by atoms with Crippen LogP contribution < -0.4 is 4.57 Å². The van der Waals surface area contributed by atoms with Crippen molar-refractivity contribution >= 4 is 25.2 Å². The second kappa shape index (κ2) is 6.33. The van der Waals surface area contributed by atoms with Crippen LogP contribution in [0.2, 0.25) is 5.02 Å². The van der Waals surface area contributed by atoms with Crippen LogP contribution >= 0.6 is 19.4 Å². The summed E-state index contributed by atoms with van der Waals surface area (Å²) < 4.78 is 61.1. The van der Waals surface area contributed by atoms with Gasteiger partial charge in [-0.3, -0.25) is 4.79 Å². The van der Waals surface area contributed by atoms with E-state index in [0.717, 1.165) is 5.69 Å². The molecule has 0 fully saturated rings. The number of aryl methyl sites for hydroxylation is 1. The molecule has 0 unspecified atom stereocenters. The van der Waals surface area contributed by atoms with Crippen molar-refractivity contribution in [3.63, 3.8) is 0 Å². The summed E-state index contributed by atoms with van der Waals surface area (Å²) in [5, 5.41) is 0.645. The summed E-state index contributed by atoms with van der Waals surface area (Å²) in [6.45, 7) is 0. The molecule has 10 heteroatoms. The summed E-state index contributed by atoms with van der Waals surface area (Å²) in [6.07, 6.45) is 2.34. The number of carbonyl (C=O) groups is 1. The molecule has 0 aliphatic heterocycles. The van der Waals surface area contributed by atoms with Gasteiger partial charge in [0, 0.05) is 22.7 Å². The Kier molecular flexibility index (Phi) is 5.38. The van der Waals surface area contributed by atoms with Crippen molar-refractivity contribution in [1.29, 1.82) is 0 Å². The van der Waals surface area contributed by atoms with E-state index >= 15 is 0 Å². The fourth-order valence-electron chi connectivity index (χ4n) is 1.64. The van der Waals surface area contributed by atoms with Gasteiger partial charge in [-0.25, -0.2) is 4.57 Å². The van der Waals surface area contributed by atoms with Crippen molar-refractivity contribution in [3.05, 3.63) is 64.9 Å². The van der Waals surface area contributed by atoms with E-state index in [1.54, 1.807) is 24.3 Å². The van der Waals surface area contributed by atoms with Gasteiger partial charge >= 0.3 is 33.0 Å². The third-order valence-electron chi connectivity index (χ3n) is 2.67. The van der Waals surface area contributed by atoms with E-state index in [4.69, 9.17) is 11.6 Å². The van der Waals surface area contributed by atoms with Crippen LogP contribution in [0.1, 0.15) is 16.1 Å². The van der Waals surface area contributed by atoms with E-state index in [2.05, 4.69) is 0 Å². The predicted octanol–water partition coefficient (Wildman–Crippen LogP) is 5.97. The number of carbonyl (C=O) groups excluding carboxylic acids is 1. The second-order valence-electron chi connectivity index (χ2n) is 4.87. The van der Waals surface area contributed by atoms with E-state index in [9.17, 15) is 30.0 Å². The molecule has 24 heavy (non-hydrogen) atoms. The molecule has 2 nitrogen and oxygen atoms in total. The molecule has 2 rings (SSSR count). The number of nitrogens with zero attached hydrogens (tertiary/aromatic N) is 1. The Morgan fingerprint density at radius 2 is 1.50 bits per heavy atom. The molecule has 0 aliphatic carbocycles. The van der Waals surface area contributed by atoms with E-state index in [0.29, 0.717) is 17.0 Å². The molecule has 0 bridgehead atoms. The fourth-order valence-corrected chi connectivity index (χ4v) is 1.77. The summed E-state index contributed by atoms with van der Waals surface area (Å²) in [4.78, 5) is 12.0. The number of ketones is 1. The van der Waals surface area contributed by atoms with Gasteiger partial charge < -0.3 is 0 Å². The standard InChI is InChI=1S/C14H13ClNO.F6P/c1-16-9-3-2-4-13(16)10-14(17)11-5-7-12(15)8-6-11;1-7(2,3,4,5)6/h2-9H,10H2,1H3;/q+1;-1. The van der Waals surface area contributed by atoms with E-state index in [-0.39, 0.29) is 5.78 Å². The van der Waals surface area contributed by atoms with Crippen LogP contribution in [0.4, 0.5) is 25.2 Å². The Hall–Kier alpha value is -1.66. The quantitative estimate of drug-likeness (QED) is 0.273. The topological polar surface area (TPSA) is 20.9 Å². The van der Waals surface area contributed by atoms with Crippen LogP contribution in [0.5, 0.6) is 0 Å². The Morgan fingerprint density at radius 3 is 1.96 bits per heavy atom. The maximum absolute atomic E-state index is 12.0. The average Bonchev–Trinajstić information content (AvgIpc) is 2.38. The van der Waals surface area contributed by atoms with Gasteiger partial charge in [0.2, 0.25) is 0 Å². The van der Waals surface area contributed by atoms with Crippen molar-refractivity contribution in [2.45, 2.75) is 6.42 Å². The molecular formula is C14H13ClF6NOP. The summed E-state index contributed by atoms with van der Waals surface area (Å²) in [5.41, 5.74) is 1.69. The number of aromatic nitrogens is 1. The van der Waals surface area contributed by atoms with Crippen LogP contribution in [0, 0.1) is 0 Å². The number of halogens is 7. The summed E-state index contributed by atoms with van der Waals surface area (Å²) in [7, 11) is -8.72. The molecule has 2 aromatic rings. The Morgan fingerprint density at radius 1 is 1.00 bits per heavy atom. The van der Waals surface area contributed by atoms with Crippen LogP contribution in [0.25, 0.3) is 0 Å². The first-order chi connectivity index (χ1) is 10.6. The van der Waals surface area contributed by atoms with Gasteiger partial charge in [-0.1, -0.05) is 17.7 Å². The van der Waals surface area contributed by atoms with Gasteiger partial charge in [-0.2, -0.15) is 0 Å². The van der Waals surface area contributed by atoms with Crippen LogP contribution in [-0.4, -0.2) is 5.78 Å². The van der Waals surface area contributed by atoms with E-state index in [1.165, 1.54) is 0 Å². The van der Waals surface area contributed by atoms with Crippen molar-refractivity contribution < 1.29 is 34.5 Å². The monoisotopic (exact) mass is 391 g/mol. The summed E-state index contributed by atoms with van der Waals surface area (Å²) in [6, 6.07) is 12.8. The number of Topliss-reactive ketones (excluding diaryl/α,β-unsaturated/α-hetero) is 1. The third-order valence-corrected chi connectivity index (χ3v) is 2.92. The van der Waals surface area contributed by atoms with Gasteiger partial charge in [0.1, 0.15) is 7.05 Å². The van der Waals surface area contributed by atoms with Crippen LogP contribution in [0.15, 0.2) is 48.7 Å². The van der Waals surface area contributed by atoms with Crippen molar-refractivity contribution in [3.8, 4) is 0 Å². The van der Waals surface area contributed by atoms with Crippen LogP contribution in [0.3, 0.4) is 0 Å². The SMILES string of the molecule is C[n+]1ccccc1CC(=O)c1ccc(Cl)cc1.F[P-](F)(F)(F)(F)F. The first-order valence-corrected chi connectivity index (χ1v) is 8.81. The minimum atomic E-state index is -10.7. The fraction of sp³-hybridized carbons (Fsp3) is 0.143. The van der Waals surface area contributed by atoms with Crippen molar-refractivity contribution in [2.75, 3.05) is 0 Å². The molecule has 0 saturated heterocycles. The zero-order chi connectivity index (χ0) is 18.7. The molecular weight excluding hydrogens is 379 g/mol. The van der Waals surface area contributed by atoms with Gasteiger partial charge in [0.15, 0.2) is 17.7 Å². The molecule has 1 heterocycles. The van der Waals surface area contributed by atoms with Gasteiger partial charge in [-0.15, -0.1) is 0 Å². The van der Waals surface area contributed by atoms with Crippen molar-refractivity contribution in [1.82, 2.24) is 0 Å². The summed E-state index contributed by atoms with van der Waals surface area (Å²) in [5.74, 6) is 0.100. The van der Waals surface area contributed by atoms with Gasteiger partial charge in [-0.05, 0) is 24.3 Å². The molecule has 0 aliphatic rings. The zero-order valence-corrected chi connectivity index (χ0v) is 13.9. The maximum atomic E-state index is 12.0. The first-order valence-electron chi connectivity index (χ1n) is 6.40. The normalized spacial score (nSPS) is 14.0. The molecule has 0 saturated carbocycles. The van der Waals surface area contributed by atoms with E-state index < -0.39 is 7.81 Å². The number of hydrogen-bond donors (Lipinski definition) is 0. The number of pyridine rings is 1. The number of rotatable bonds is 3. The van der Waals surface area contributed by atoms with E-state index in [1.807, 2.05) is 36.0 Å². The Balaban J connectivity index is 0.000000351. The molecule has 0 spiro atoms. The first kappa shape index (κ1) is 20.4.